The fraction of sp³-hybridized carbons (Fsp3) is 0.526. The number of rotatable bonds is 9. The number of hydrogen-bond acceptors (Lipinski definition) is 4. The van der Waals surface area contributed by atoms with Crippen molar-refractivity contribution in [2.75, 3.05) is 13.1 Å². The molecule has 0 bridgehead atoms. The van der Waals surface area contributed by atoms with Gasteiger partial charge in [-0.05, 0) is 51.8 Å². The quantitative estimate of drug-likeness (QED) is 0.714. The van der Waals surface area contributed by atoms with Crippen LogP contribution >= 0.6 is 11.6 Å². The number of para-hydroxylation sites is 2. The highest BCUT2D eigenvalue weighted by Crippen LogP contribution is 2.24. The molecule has 1 heterocycles. The van der Waals surface area contributed by atoms with E-state index in [2.05, 4.69) is 30.7 Å². The molecule has 0 radical (unpaired) electrons. The van der Waals surface area contributed by atoms with Gasteiger partial charge in [0, 0.05) is 12.6 Å². The van der Waals surface area contributed by atoms with E-state index in [-0.39, 0.29) is 6.10 Å². The first-order valence-electron chi connectivity index (χ1n) is 8.65. The first-order valence-corrected chi connectivity index (χ1v) is 9.02. The molecule has 5 heteroatoms. The van der Waals surface area contributed by atoms with Gasteiger partial charge in [0.05, 0.1) is 11.1 Å². The standard InChI is InChI=1S/C19H27ClN2O2/c1-4-12-22(14(2)3)13-15(23)8-7-9-16(20)19-21-17-10-5-6-11-18(17)24-19/h5-6,9-11,14-15,23H,4,7-8,12-13H2,1-3H3/b16-9-/t15-/m1/s1. The zero-order chi connectivity index (χ0) is 17.5. The van der Waals surface area contributed by atoms with Gasteiger partial charge in [-0.25, -0.2) is 4.98 Å². The van der Waals surface area contributed by atoms with Gasteiger partial charge < -0.3 is 9.52 Å². The molecule has 0 spiro atoms. The Bertz CT molecular complexity index is 633. The van der Waals surface area contributed by atoms with E-state index in [0.717, 1.165) is 24.1 Å². The van der Waals surface area contributed by atoms with Crippen molar-refractivity contribution in [1.29, 1.82) is 0 Å². The van der Waals surface area contributed by atoms with Crippen molar-refractivity contribution in [3.05, 3.63) is 36.2 Å². The topological polar surface area (TPSA) is 49.5 Å². The van der Waals surface area contributed by atoms with Gasteiger partial charge in [0.1, 0.15) is 5.52 Å². The molecule has 1 aromatic carbocycles. The van der Waals surface area contributed by atoms with Crippen LogP contribution in [0.1, 0.15) is 45.9 Å². The maximum atomic E-state index is 10.2. The van der Waals surface area contributed by atoms with Crippen LogP contribution in [-0.4, -0.2) is 40.2 Å². The lowest BCUT2D eigenvalue weighted by atomic mass is 10.1. The normalized spacial score (nSPS) is 14.0. The molecule has 24 heavy (non-hydrogen) atoms. The van der Waals surface area contributed by atoms with Gasteiger partial charge in [-0.2, -0.15) is 0 Å². The summed E-state index contributed by atoms with van der Waals surface area (Å²) >= 11 is 6.28. The number of halogens is 1. The molecular weight excluding hydrogens is 324 g/mol. The van der Waals surface area contributed by atoms with Crippen LogP contribution < -0.4 is 0 Å². The number of aromatic nitrogens is 1. The Hall–Kier alpha value is -1.36. The third-order valence-electron chi connectivity index (χ3n) is 4.01. The van der Waals surface area contributed by atoms with Crippen LogP contribution in [0.5, 0.6) is 0 Å². The highest BCUT2D eigenvalue weighted by molar-refractivity contribution is 6.48. The molecule has 0 aliphatic rings. The molecule has 1 atom stereocenters. The van der Waals surface area contributed by atoms with E-state index in [9.17, 15) is 5.11 Å². The fourth-order valence-electron chi connectivity index (χ4n) is 2.67. The molecule has 0 unspecified atom stereocenters. The molecule has 1 aromatic heterocycles. The molecule has 0 aliphatic heterocycles. The summed E-state index contributed by atoms with van der Waals surface area (Å²) in [7, 11) is 0. The number of allylic oxidation sites excluding steroid dienone is 1. The molecule has 0 amide bonds. The summed E-state index contributed by atoms with van der Waals surface area (Å²) in [6.07, 6.45) is 3.96. The van der Waals surface area contributed by atoms with Crippen LogP contribution in [0.15, 0.2) is 34.8 Å². The highest BCUT2D eigenvalue weighted by Gasteiger charge is 2.14. The highest BCUT2D eigenvalue weighted by atomic mass is 35.5. The van der Waals surface area contributed by atoms with Crippen LogP contribution in [0.25, 0.3) is 16.1 Å². The first-order chi connectivity index (χ1) is 11.5. The minimum absolute atomic E-state index is 0.358. The molecule has 0 saturated heterocycles. The van der Waals surface area contributed by atoms with E-state index in [0.29, 0.717) is 36.4 Å². The third-order valence-corrected chi connectivity index (χ3v) is 4.32. The van der Waals surface area contributed by atoms with Crippen LogP contribution in [0, 0.1) is 0 Å². The van der Waals surface area contributed by atoms with Crippen LogP contribution in [0.4, 0.5) is 0 Å². The van der Waals surface area contributed by atoms with Gasteiger partial charge in [0.15, 0.2) is 5.58 Å². The summed E-state index contributed by atoms with van der Waals surface area (Å²) in [5.74, 6) is 0.433. The smallest absolute Gasteiger partial charge is 0.238 e. The van der Waals surface area contributed by atoms with E-state index in [1.54, 1.807) is 0 Å². The van der Waals surface area contributed by atoms with E-state index < -0.39 is 0 Å². The molecule has 2 aromatic rings. The van der Waals surface area contributed by atoms with Crippen LogP contribution in [-0.2, 0) is 0 Å². The number of benzene rings is 1. The minimum atomic E-state index is -0.358. The second kappa shape index (κ2) is 9.21. The van der Waals surface area contributed by atoms with Crippen molar-refractivity contribution in [1.82, 2.24) is 9.88 Å². The molecular formula is C19H27ClN2O2. The lowest BCUT2D eigenvalue weighted by Gasteiger charge is -2.28. The largest absolute Gasteiger partial charge is 0.435 e. The van der Waals surface area contributed by atoms with E-state index in [1.165, 1.54) is 0 Å². The molecule has 132 valence electrons. The summed E-state index contributed by atoms with van der Waals surface area (Å²) in [6, 6.07) is 8.03. The predicted octanol–water partition coefficient (Wildman–Crippen LogP) is 4.67. The Morgan fingerprint density at radius 2 is 2.12 bits per heavy atom. The molecule has 2 rings (SSSR count). The lowest BCUT2D eigenvalue weighted by Crippen LogP contribution is -2.38. The SMILES string of the molecule is CCCN(C[C@H](O)CC/C=C(\Cl)c1nc2ccccc2o1)C(C)C. The van der Waals surface area contributed by atoms with Crippen molar-refractivity contribution >= 4 is 27.7 Å². The van der Waals surface area contributed by atoms with Crippen molar-refractivity contribution in [3.63, 3.8) is 0 Å². The summed E-state index contributed by atoms with van der Waals surface area (Å²) in [6.45, 7) is 8.18. The van der Waals surface area contributed by atoms with Gasteiger partial charge in [-0.3, -0.25) is 4.90 Å². The van der Waals surface area contributed by atoms with Crippen molar-refractivity contribution in [2.45, 2.75) is 52.2 Å². The van der Waals surface area contributed by atoms with E-state index in [4.69, 9.17) is 16.0 Å². The number of aliphatic hydroxyl groups excluding tert-OH is 1. The molecule has 1 N–H and O–H groups in total. The second-order valence-electron chi connectivity index (χ2n) is 6.36. The predicted molar refractivity (Wildman–Crippen MR) is 100 cm³/mol. The van der Waals surface area contributed by atoms with Crippen LogP contribution in [0.3, 0.4) is 0 Å². The Morgan fingerprint density at radius 1 is 1.38 bits per heavy atom. The number of hydrogen-bond donors (Lipinski definition) is 1. The Labute approximate surface area is 149 Å². The summed E-state index contributed by atoms with van der Waals surface area (Å²) in [4.78, 5) is 6.67. The third kappa shape index (κ3) is 5.33. The van der Waals surface area contributed by atoms with Gasteiger partial charge in [-0.1, -0.05) is 36.7 Å². The maximum Gasteiger partial charge on any atom is 0.238 e. The van der Waals surface area contributed by atoms with Crippen molar-refractivity contribution in [3.8, 4) is 0 Å². The summed E-state index contributed by atoms with van der Waals surface area (Å²) < 4.78 is 5.63. The van der Waals surface area contributed by atoms with E-state index in [1.807, 2.05) is 30.3 Å². The van der Waals surface area contributed by atoms with Crippen LogP contribution in [0.2, 0.25) is 0 Å². The van der Waals surface area contributed by atoms with Crippen molar-refractivity contribution < 1.29 is 9.52 Å². The second-order valence-corrected chi connectivity index (χ2v) is 6.77. The number of fused-ring (bicyclic) bond motifs is 1. The van der Waals surface area contributed by atoms with Gasteiger partial charge in [0.2, 0.25) is 5.89 Å². The van der Waals surface area contributed by atoms with Gasteiger partial charge in [0.25, 0.3) is 0 Å². The van der Waals surface area contributed by atoms with Gasteiger partial charge in [-0.15, -0.1) is 0 Å². The Balaban J connectivity index is 1.88. The number of oxazole rings is 1. The Kier molecular flexibility index (Phi) is 7.28. The molecule has 0 saturated carbocycles. The average Bonchev–Trinajstić information content (AvgIpc) is 2.98. The van der Waals surface area contributed by atoms with E-state index >= 15 is 0 Å². The summed E-state index contributed by atoms with van der Waals surface area (Å²) in [5, 5.41) is 10.7. The monoisotopic (exact) mass is 350 g/mol. The number of nitrogens with zero attached hydrogens (tertiary/aromatic N) is 2. The zero-order valence-corrected chi connectivity index (χ0v) is 15.5. The zero-order valence-electron chi connectivity index (χ0n) is 14.7. The molecule has 0 fully saturated rings. The lowest BCUT2D eigenvalue weighted by molar-refractivity contribution is 0.0900. The van der Waals surface area contributed by atoms with Crippen molar-refractivity contribution in [2.24, 2.45) is 0 Å². The minimum Gasteiger partial charge on any atom is -0.435 e. The number of aliphatic hydroxyl groups is 1. The average molecular weight is 351 g/mol. The molecule has 0 aliphatic carbocycles. The Morgan fingerprint density at radius 3 is 2.79 bits per heavy atom. The summed E-state index contributed by atoms with van der Waals surface area (Å²) in [5.41, 5.74) is 1.53. The first kappa shape index (κ1) is 19.0. The van der Waals surface area contributed by atoms with Gasteiger partial charge >= 0.3 is 0 Å². The molecule has 4 nitrogen and oxygen atoms in total. The fourth-order valence-corrected chi connectivity index (χ4v) is 2.86. The maximum absolute atomic E-state index is 10.2.